The predicted octanol–water partition coefficient (Wildman–Crippen LogP) is 1.61. The van der Waals surface area contributed by atoms with Gasteiger partial charge in [0.2, 0.25) is 6.20 Å². The van der Waals surface area contributed by atoms with Crippen LogP contribution >= 0.6 is 0 Å². The van der Waals surface area contributed by atoms with Crippen molar-refractivity contribution in [2.24, 2.45) is 5.11 Å². The van der Waals surface area contributed by atoms with Crippen molar-refractivity contribution >= 4 is 6.08 Å². The van der Waals surface area contributed by atoms with E-state index >= 15 is 0 Å². The van der Waals surface area contributed by atoms with Crippen molar-refractivity contribution in [3.05, 3.63) is 47.3 Å². The molecule has 0 aliphatic rings. The highest BCUT2D eigenvalue weighted by Crippen LogP contribution is 2.00. The minimum atomic E-state index is -0.113. The number of aliphatic hydroxyl groups excluding tert-OH is 1. The zero-order valence-electron chi connectivity index (χ0n) is 7.71. The number of rotatable bonds is 4. The van der Waals surface area contributed by atoms with E-state index in [0.717, 1.165) is 5.56 Å². The molecule has 1 aromatic carbocycles. The second-order valence-electron chi connectivity index (χ2n) is 2.62. The van der Waals surface area contributed by atoms with Gasteiger partial charge < -0.3 is 10.3 Å². The fourth-order valence-corrected chi connectivity index (χ4v) is 0.904. The standard InChI is InChI=1S/C10H12N2O2/c13-9-7-11-12(14)8-6-10-4-2-1-3-5-10/h1-6,8,13H,7,9H2/b8-6+,12-11?. The molecule has 0 bridgehead atoms. The molecule has 4 heteroatoms. The molecule has 0 unspecified atom stereocenters. The lowest BCUT2D eigenvalue weighted by Gasteiger charge is -1.92. The maximum absolute atomic E-state index is 10.9. The van der Waals surface area contributed by atoms with Crippen molar-refractivity contribution in [3.63, 3.8) is 0 Å². The predicted molar refractivity (Wildman–Crippen MR) is 53.5 cm³/mol. The van der Waals surface area contributed by atoms with Gasteiger partial charge in [-0.15, -0.1) is 0 Å². The van der Waals surface area contributed by atoms with Crippen molar-refractivity contribution in [2.75, 3.05) is 13.2 Å². The summed E-state index contributed by atoms with van der Waals surface area (Å²) >= 11 is 0. The van der Waals surface area contributed by atoms with E-state index in [1.54, 1.807) is 6.08 Å². The van der Waals surface area contributed by atoms with Gasteiger partial charge in [0.1, 0.15) is 6.54 Å². The van der Waals surface area contributed by atoms with E-state index in [1.807, 2.05) is 30.3 Å². The van der Waals surface area contributed by atoms with Crippen molar-refractivity contribution in [1.82, 2.24) is 0 Å². The molecule has 0 atom stereocenters. The monoisotopic (exact) mass is 192 g/mol. The first-order valence-electron chi connectivity index (χ1n) is 4.31. The van der Waals surface area contributed by atoms with Crippen molar-refractivity contribution < 1.29 is 9.97 Å². The summed E-state index contributed by atoms with van der Waals surface area (Å²) in [5.41, 5.74) is 0.938. The average Bonchev–Trinajstić information content (AvgIpc) is 2.25. The van der Waals surface area contributed by atoms with Gasteiger partial charge in [-0.3, -0.25) is 0 Å². The number of hydroxylamine groups is 1. The van der Waals surface area contributed by atoms with Crippen LogP contribution in [0.3, 0.4) is 0 Å². The topological polar surface area (TPSA) is 58.7 Å². The van der Waals surface area contributed by atoms with Crippen LogP contribution in [-0.4, -0.2) is 23.1 Å². The Kier molecular flexibility index (Phi) is 4.37. The average molecular weight is 192 g/mol. The second-order valence-corrected chi connectivity index (χ2v) is 2.62. The molecule has 0 aliphatic heterocycles. The Morgan fingerprint density at radius 1 is 1.36 bits per heavy atom. The number of azo groups is 1. The van der Waals surface area contributed by atoms with E-state index in [1.165, 1.54) is 6.20 Å². The van der Waals surface area contributed by atoms with Crippen molar-refractivity contribution in [2.45, 2.75) is 0 Å². The first-order valence-corrected chi connectivity index (χ1v) is 4.31. The molecule has 0 spiro atoms. The summed E-state index contributed by atoms with van der Waals surface area (Å²) in [7, 11) is 0. The first-order chi connectivity index (χ1) is 6.83. The highest BCUT2D eigenvalue weighted by atomic mass is 16.5. The third kappa shape index (κ3) is 3.82. The van der Waals surface area contributed by atoms with Crippen LogP contribution in [0.4, 0.5) is 0 Å². The zero-order valence-corrected chi connectivity index (χ0v) is 7.71. The van der Waals surface area contributed by atoms with Gasteiger partial charge in [0.15, 0.2) is 0 Å². The minimum Gasteiger partial charge on any atom is -0.595 e. The molecule has 1 rings (SSSR count). The Morgan fingerprint density at radius 2 is 2.07 bits per heavy atom. The van der Waals surface area contributed by atoms with Gasteiger partial charge in [0.25, 0.3) is 0 Å². The molecule has 0 aliphatic carbocycles. The number of aliphatic hydroxyl groups is 1. The van der Waals surface area contributed by atoms with E-state index < -0.39 is 0 Å². The molecular weight excluding hydrogens is 180 g/mol. The smallest absolute Gasteiger partial charge is 0.209 e. The van der Waals surface area contributed by atoms with Crippen LogP contribution in [0.5, 0.6) is 0 Å². The third-order valence-electron chi connectivity index (χ3n) is 1.53. The Morgan fingerprint density at radius 3 is 2.71 bits per heavy atom. The number of nitrogens with zero attached hydrogens (tertiary/aromatic N) is 2. The van der Waals surface area contributed by atoms with E-state index in [2.05, 4.69) is 5.11 Å². The molecule has 74 valence electrons. The van der Waals surface area contributed by atoms with Crippen LogP contribution in [0.25, 0.3) is 6.08 Å². The summed E-state index contributed by atoms with van der Waals surface area (Å²) in [6, 6.07) is 9.45. The molecule has 1 N–H and O–H groups in total. The van der Waals surface area contributed by atoms with Crippen LogP contribution in [0, 0.1) is 5.21 Å². The maximum atomic E-state index is 10.9. The molecule has 14 heavy (non-hydrogen) atoms. The summed E-state index contributed by atoms with van der Waals surface area (Å²) in [4.78, 5) is 0.448. The van der Waals surface area contributed by atoms with Crippen LogP contribution in [-0.2, 0) is 0 Å². The van der Waals surface area contributed by atoms with Crippen LogP contribution in [0.15, 0.2) is 41.6 Å². The van der Waals surface area contributed by atoms with Crippen LogP contribution in [0.2, 0.25) is 0 Å². The molecule has 0 radical (unpaired) electrons. The lowest BCUT2D eigenvalue weighted by molar-refractivity contribution is -0.457. The third-order valence-corrected chi connectivity index (χ3v) is 1.53. The van der Waals surface area contributed by atoms with E-state index in [0.29, 0.717) is 4.86 Å². The summed E-state index contributed by atoms with van der Waals surface area (Å²) in [6.07, 6.45) is 2.97. The van der Waals surface area contributed by atoms with Crippen molar-refractivity contribution in [1.29, 1.82) is 0 Å². The number of hydrogen-bond donors (Lipinski definition) is 1. The molecule has 0 aromatic heterocycles. The van der Waals surface area contributed by atoms with E-state index in [9.17, 15) is 5.21 Å². The molecule has 0 saturated carbocycles. The Labute approximate surface area is 82.4 Å². The first kappa shape index (κ1) is 10.4. The zero-order chi connectivity index (χ0) is 10.2. The van der Waals surface area contributed by atoms with Gasteiger partial charge in [-0.25, -0.2) is 0 Å². The molecule has 4 nitrogen and oxygen atoms in total. The molecule has 0 amide bonds. The van der Waals surface area contributed by atoms with Gasteiger partial charge in [0, 0.05) is 6.08 Å². The quantitative estimate of drug-likeness (QED) is 0.447. The fourth-order valence-electron chi connectivity index (χ4n) is 0.904. The summed E-state index contributed by atoms with van der Waals surface area (Å²) in [5.74, 6) is 0. The number of benzene rings is 1. The molecule has 1 aromatic rings. The van der Waals surface area contributed by atoms with Crippen molar-refractivity contribution in [3.8, 4) is 0 Å². The highest BCUT2D eigenvalue weighted by Gasteiger charge is 1.88. The van der Waals surface area contributed by atoms with Gasteiger partial charge in [-0.05, 0) is 10.7 Å². The molecular formula is C10H12N2O2. The molecule has 0 saturated heterocycles. The summed E-state index contributed by atoms with van der Waals surface area (Å²) < 4.78 is 0. The highest BCUT2D eigenvalue weighted by molar-refractivity contribution is 5.47. The number of hydrogen-bond acceptors (Lipinski definition) is 3. The largest absolute Gasteiger partial charge is 0.595 e. The maximum Gasteiger partial charge on any atom is 0.209 e. The normalized spacial score (nSPS) is 12.2. The Bertz CT molecular complexity index is 320. The Hall–Kier alpha value is -1.68. The molecule has 0 fully saturated rings. The molecule has 0 heterocycles. The fraction of sp³-hybridized carbons (Fsp3) is 0.200. The lowest BCUT2D eigenvalue weighted by Crippen LogP contribution is -1.94. The van der Waals surface area contributed by atoms with E-state index in [4.69, 9.17) is 5.11 Å². The summed E-state index contributed by atoms with van der Waals surface area (Å²) in [5, 5.41) is 22.8. The van der Waals surface area contributed by atoms with Gasteiger partial charge >= 0.3 is 0 Å². The van der Waals surface area contributed by atoms with Crippen LogP contribution < -0.4 is 0 Å². The SMILES string of the molecule is [O-][N+](/C=C/c1ccccc1)=NCCO. The van der Waals surface area contributed by atoms with Gasteiger partial charge in [-0.1, -0.05) is 35.2 Å². The van der Waals surface area contributed by atoms with Crippen LogP contribution in [0.1, 0.15) is 5.56 Å². The lowest BCUT2D eigenvalue weighted by atomic mass is 10.2. The van der Waals surface area contributed by atoms with E-state index in [-0.39, 0.29) is 13.2 Å². The van der Waals surface area contributed by atoms with Gasteiger partial charge in [-0.2, -0.15) is 0 Å². The second kappa shape index (κ2) is 5.88. The van der Waals surface area contributed by atoms with Gasteiger partial charge in [0.05, 0.1) is 6.61 Å². The summed E-state index contributed by atoms with van der Waals surface area (Å²) in [6.45, 7) is 0.0144. The Balaban J connectivity index is 2.56. The minimum absolute atomic E-state index is 0.113.